The van der Waals surface area contributed by atoms with Crippen LogP contribution in [-0.2, 0) is 0 Å². The lowest BCUT2D eigenvalue weighted by Gasteiger charge is -2.11. The molecule has 0 aliphatic carbocycles. The summed E-state index contributed by atoms with van der Waals surface area (Å²) in [5.41, 5.74) is 1.81. The van der Waals surface area contributed by atoms with E-state index in [4.69, 9.17) is 4.74 Å². The zero-order chi connectivity index (χ0) is 23.2. The van der Waals surface area contributed by atoms with Crippen molar-refractivity contribution in [3.63, 3.8) is 0 Å². The van der Waals surface area contributed by atoms with Crippen molar-refractivity contribution in [3.05, 3.63) is 83.5 Å². The number of nitrogens with one attached hydrogen (secondary N) is 1. The lowest BCUT2D eigenvalue weighted by molar-refractivity contribution is 0.415. The first-order chi connectivity index (χ1) is 16.1. The van der Waals surface area contributed by atoms with Crippen molar-refractivity contribution >= 4 is 40.9 Å². The van der Waals surface area contributed by atoms with Crippen LogP contribution in [0.5, 0.6) is 5.75 Å². The fraction of sp³-hybridized carbons (Fsp3) is 0.0833. The number of aromatic nitrogens is 3. The van der Waals surface area contributed by atoms with Crippen LogP contribution in [0.1, 0.15) is 5.56 Å². The Morgan fingerprint density at radius 2 is 2.06 bits per heavy atom. The number of ether oxygens (including phenoxy) is 1. The van der Waals surface area contributed by atoms with Crippen LogP contribution in [0.4, 0.5) is 14.6 Å². The number of hydrogen-bond acceptors (Lipinski definition) is 7. The Hall–Kier alpha value is -3.85. The molecule has 4 rings (SSSR count). The van der Waals surface area contributed by atoms with Crippen LogP contribution in [0.3, 0.4) is 0 Å². The van der Waals surface area contributed by atoms with Crippen LogP contribution in [0, 0.1) is 11.6 Å². The maximum atomic E-state index is 14.1. The Bertz CT molecular complexity index is 1330. The summed E-state index contributed by atoms with van der Waals surface area (Å²) in [6.45, 7) is 3.47. The topological polar surface area (TPSA) is 72.3 Å². The average Bonchev–Trinajstić information content (AvgIpc) is 2.85. The quantitative estimate of drug-likeness (QED) is 0.203. The second kappa shape index (κ2) is 10.2. The molecule has 0 amide bonds. The highest BCUT2D eigenvalue weighted by molar-refractivity contribution is 8.02. The van der Waals surface area contributed by atoms with Crippen LogP contribution in [0.25, 0.3) is 28.0 Å². The summed E-state index contributed by atoms with van der Waals surface area (Å²) in [6.07, 6.45) is 3.38. The molecular weight excluding hydrogens is 444 g/mol. The van der Waals surface area contributed by atoms with Gasteiger partial charge in [0.05, 0.1) is 24.2 Å². The molecular formula is C24H19F2N5OS. The molecule has 2 aromatic heterocycles. The number of thioether (sulfide) groups is 1. The van der Waals surface area contributed by atoms with Gasteiger partial charge in [-0.2, -0.15) is 0 Å². The van der Waals surface area contributed by atoms with Crippen LogP contribution >= 0.6 is 11.8 Å². The summed E-state index contributed by atoms with van der Waals surface area (Å²) < 4.78 is 33.0. The Morgan fingerprint density at radius 3 is 2.82 bits per heavy atom. The monoisotopic (exact) mass is 463 g/mol. The van der Waals surface area contributed by atoms with E-state index in [0.29, 0.717) is 23.3 Å². The minimum Gasteiger partial charge on any atom is -0.497 e. The SMILES string of the molecule is C=N/C(=C\SCNc1nc(-c2cccnc2)nc2ccc(OC)cc12)c1cc(F)ccc1F. The Morgan fingerprint density at radius 1 is 1.18 bits per heavy atom. The van der Waals surface area contributed by atoms with Crippen LogP contribution in [-0.4, -0.2) is 34.7 Å². The predicted molar refractivity (Wildman–Crippen MR) is 129 cm³/mol. The highest BCUT2D eigenvalue weighted by atomic mass is 32.2. The van der Waals surface area contributed by atoms with E-state index in [1.54, 1.807) is 24.9 Å². The summed E-state index contributed by atoms with van der Waals surface area (Å²) in [6, 6.07) is 12.5. The third-order valence-electron chi connectivity index (χ3n) is 4.72. The van der Waals surface area contributed by atoms with Crippen LogP contribution in [0.15, 0.2) is 71.3 Å². The molecule has 33 heavy (non-hydrogen) atoms. The van der Waals surface area contributed by atoms with E-state index in [1.165, 1.54) is 11.8 Å². The van der Waals surface area contributed by atoms with Gasteiger partial charge in [-0.1, -0.05) is 0 Å². The first kappa shape index (κ1) is 22.3. The molecule has 0 fully saturated rings. The summed E-state index contributed by atoms with van der Waals surface area (Å²) >= 11 is 1.31. The minimum absolute atomic E-state index is 0.0496. The molecule has 0 aliphatic rings. The molecule has 9 heteroatoms. The number of rotatable bonds is 8. The standard InChI is InChI=1S/C24H19F2N5OS/c1-27-22(18-10-16(25)5-7-20(18)26)13-33-14-29-24-19-11-17(32-2)6-8-21(19)30-23(31-24)15-4-3-9-28-12-15/h3-13H,1,14H2,2H3,(H,29,30,31)/b22-13-. The summed E-state index contributed by atoms with van der Waals surface area (Å²) in [7, 11) is 1.59. The van der Waals surface area contributed by atoms with E-state index in [1.807, 2.05) is 30.3 Å². The van der Waals surface area contributed by atoms with Crippen molar-refractivity contribution < 1.29 is 13.5 Å². The van der Waals surface area contributed by atoms with E-state index in [2.05, 4.69) is 32.0 Å². The van der Waals surface area contributed by atoms with Crippen molar-refractivity contribution in [2.24, 2.45) is 4.99 Å². The van der Waals surface area contributed by atoms with Crippen molar-refractivity contribution in [1.29, 1.82) is 0 Å². The van der Waals surface area contributed by atoms with Crippen molar-refractivity contribution in [3.8, 4) is 17.1 Å². The number of nitrogens with zero attached hydrogens (tertiary/aromatic N) is 4. The van der Waals surface area contributed by atoms with Crippen LogP contribution in [0.2, 0.25) is 0 Å². The number of pyridine rings is 1. The molecule has 0 bridgehead atoms. The Labute approximate surface area is 193 Å². The maximum Gasteiger partial charge on any atom is 0.163 e. The van der Waals surface area contributed by atoms with Gasteiger partial charge in [-0.3, -0.25) is 9.98 Å². The van der Waals surface area contributed by atoms with Gasteiger partial charge in [-0.15, -0.1) is 11.8 Å². The molecule has 6 nitrogen and oxygen atoms in total. The molecule has 2 aromatic carbocycles. The zero-order valence-electron chi connectivity index (χ0n) is 17.6. The molecule has 0 saturated carbocycles. The molecule has 0 saturated heterocycles. The number of aliphatic imine (C=N–C) groups is 1. The number of halogens is 2. The van der Waals surface area contributed by atoms with Crippen LogP contribution < -0.4 is 10.1 Å². The van der Waals surface area contributed by atoms with Crippen molar-refractivity contribution in [2.45, 2.75) is 0 Å². The van der Waals surface area contributed by atoms with Gasteiger partial charge in [0.25, 0.3) is 0 Å². The van der Waals surface area contributed by atoms with E-state index in [-0.39, 0.29) is 11.3 Å². The number of anilines is 1. The number of hydrogen-bond donors (Lipinski definition) is 1. The summed E-state index contributed by atoms with van der Waals surface area (Å²) in [5.74, 6) is 1.07. The first-order valence-electron chi connectivity index (χ1n) is 9.83. The second-order valence-corrected chi connectivity index (χ2v) is 7.65. The third kappa shape index (κ3) is 5.15. The molecule has 0 atom stereocenters. The molecule has 166 valence electrons. The van der Waals surface area contributed by atoms with Crippen molar-refractivity contribution in [1.82, 2.24) is 15.0 Å². The Kier molecular flexibility index (Phi) is 6.89. The van der Waals surface area contributed by atoms with Gasteiger partial charge in [0, 0.05) is 28.9 Å². The molecule has 2 heterocycles. The molecule has 0 aliphatic heterocycles. The molecule has 0 spiro atoms. The molecule has 1 N–H and O–H groups in total. The van der Waals surface area contributed by atoms with Gasteiger partial charge in [0.1, 0.15) is 23.2 Å². The third-order valence-corrected chi connectivity index (χ3v) is 5.42. The first-order valence-corrected chi connectivity index (χ1v) is 10.9. The van der Waals surface area contributed by atoms with E-state index in [0.717, 1.165) is 34.7 Å². The Balaban J connectivity index is 1.61. The van der Waals surface area contributed by atoms with E-state index < -0.39 is 11.6 Å². The smallest absolute Gasteiger partial charge is 0.163 e. The highest BCUT2D eigenvalue weighted by Crippen LogP contribution is 2.29. The van der Waals surface area contributed by atoms with Crippen molar-refractivity contribution in [2.75, 3.05) is 18.3 Å². The average molecular weight is 464 g/mol. The number of methoxy groups -OCH3 is 1. The highest BCUT2D eigenvalue weighted by Gasteiger charge is 2.12. The fourth-order valence-corrected chi connectivity index (χ4v) is 3.77. The predicted octanol–water partition coefficient (Wildman–Crippen LogP) is 5.78. The molecule has 0 unspecified atom stereocenters. The lowest BCUT2D eigenvalue weighted by Crippen LogP contribution is -2.03. The van der Waals surface area contributed by atoms with Gasteiger partial charge in [0.2, 0.25) is 0 Å². The van der Waals surface area contributed by atoms with Gasteiger partial charge in [-0.05, 0) is 60.7 Å². The minimum atomic E-state index is -0.571. The number of benzene rings is 2. The van der Waals surface area contributed by atoms with E-state index in [9.17, 15) is 8.78 Å². The number of fused-ring (bicyclic) bond motifs is 1. The summed E-state index contributed by atoms with van der Waals surface area (Å²) in [4.78, 5) is 17.3. The summed E-state index contributed by atoms with van der Waals surface area (Å²) in [5, 5.41) is 5.66. The largest absolute Gasteiger partial charge is 0.497 e. The normalized spacial score (nSPS) is 11.4. The van der Waals surface area contributed by atoms with Gasteiger partial charge in [0.15, 0.2) is 5.82 Å². The van der Waals surface area contributed by atoms with E-state index >= 15 is 0 Å². The lowest BCUT2D eigenvalue weighted by atomic mass is 10.1. The molecule has 0 radical (unpaired) electrons. The fourth-order valence-electron chi connectivity index (χ4n) is 3.10. The van der Waals surface area contributed by atoms with Gasteiger partial charge >= 0.3 is 0 Å². The zero-order valence-corrected chi connectivity index (χ0v) is 18.4. The maximum absolute atomic E-state index is 14.1. The molecule has 4 aromatic rings. The second-order valence-electron chi connectivity index (χ2n) is 6.79. The van der Waals surface area contributed by atoms with Gasteiger partial charge < -0.3 is 10.1 Å². The van der Waals surface area contributed by atoms with Gasteiger partial charge in [-0.25, -0.2) is 18.7 Å².